The number of benzene rings is 1. The van der Waals surface area contributed by atoms with Crippen LogP contribution in [-0.2, 0) is 0 Å². The Labute approximate surface area is 75.6 Å². The van der Waals surface area contributed by atoms with Crippen LogP contribution in [0.2, 0.25) is 0 Å². The lowest BCUT2D eigenvalue weighted by Gasteiger charge is -2.00. The molecule has 0 unspecified atom stereocenters. The van der Waals surface area contributed by atoms with E-state index in [1.807, 2.05) is 0 Å². The first-order valence-electron chi connectivity index (χ1n) is 3.85. The second kappa shape index (κ2) is 4.36. The Balaban J connectivity index is 2.69. The van der Waals surface area contributed by atoms with Gasteiger partial charge in [0.15, 0.2) is 11.6 Å². The predicted molar refractivity (Wildman–Crippen MR) is 49.1 cm³/mol. The van der Waals surface area contributed by atoms with E-state index in [4.69, 9.17) is 5.11 Å². The lowest BCUT2D eigenvalue weighted by atomic mass is 10.3. The van der Waals surface area contributed by atoms with E-state index in [0.717, 1.165) is 17.1 Å². The average molecular weight is 186 g/mol. The topological polar surface area (TPSA) is 20.2 Å². The standard InChI is InChI=1S/C9H11FOS/c1-2-5-12-7-3-4-9(11)8(10)6-7/h3-4,6,11H,2,5H2,1H3. The summed E-state index contributed by atoms with van der Waals surface area (Å²) < 4.78 is 12.7. The molecule has 1 N–H and O–H groups in total. The molecule has 0 aliphatic rings. The summed E-state index contributed by atoms with van der Waals surface area (Å²) in [5.41, 5.74) is 0. The van der Waals surface area contributed by atoms with Crippen molar-refractivity contribution < 1.29 is 9.50 Å². The summed E-state index contributed by atoms with van der Waals surface area (Å²) in [6.07, 6.45) is 1.06. The van der Waals surface area contributed by atoms with Crippen LogP contribution in [0.3, 0.4) is 0 Å². The minimum atomic E-state index is -0.545. The van der Waals surface area contributed by atoms with E-state index in [1.54, 1.807) is 17.8 Å². The van der Waals surface area contributed by atoms with E-state index in [2.05, 4.69) is 6.92 Å². The third kappa shape index (κ3) is 2.41. The molecule has 0 aromatic heterocycles. The average Bonchev–Trinajstić information content (AvgIpc) is 2.07. The van der Waals surface area contributed by atoms with Crippen LogP contribution in [0.5, 0.6) is 5.75 Å². The van der Waals surface area contributed by atoms with Gasteiger partial charge >= 0.3 is 0 Å². The van der Waals surface area contributed by atoms with E-state index >= 15 is 0 Å². The van der Waals surface area contributed by atoms with Gasteiger partial charge in [0.25, 0.3) is 0 Å². The minimum absolute atomic E-state index is 0.282. The Kier molecular flexibility index (Phi) is 3.41. The zero-order chi connectivity index (χ0) is 8.97. The number of rotatable bonds is 3. The fourth-order valence-corrected chi connectivity index (χ4v) is 1.59. The monoisotopic (exact) mass is 186 g/mol. The molecule has 0 bridgehead atoms. The van der Waals surface area contributed by atoms with Crippen LogP contribution in [0.1, 0.15) is 13.3 Å². The highest BCUT2D eigenvalue weighted by molar-refractivity contribution is 7.99. The Morgan fingerprint density at radius 2 is 2.25 bits per heavy atom. The van der Waals surface area contributed by atoms with E-state index in [1.165, 1.54) is 12.1 Å². The van der Waals surface area contributed by atoms with Crippen molar-refractivity contribution in [2.45, 2.75) is 18.2 Å². The second-order valence-corrected chi connectivity index (χ2v) is 3.63. The number of phenolic OH excluding ortho intramolecular Hbond substituents is 1. The first-order chi connectivity index (χ1) is 5.74. The van der Waals surface area contributed by atoms with E-state index in [0.29, 0.717) is 0 Å². The molecule has 0 saturated carbocycles. The first kappa shape index (κ1) is 9.39. The van der Waals surface area contributed by atoms with Crippen molar-refractivity contribution in [3.05, 3.63) is 24.0 Å². The molecular formula is C9H11FOS. The van der Waals surface area contributed by atoms with Gasteiger partial charge in [-0.3, -0.25) is 0 Å². The van der Waals surface area contributed by atoms with Crippen LogP contribution in [0, 0.1) is 5.82 Å². The Morgan fingerprint density at radius 3 is 2.83 bits per heavy atom. The molecule has 66 valence electrons. The SMILES string of the molecule is CCCSc1ccc(O)c(F)c1. The highest BCUT2D eigenvalue weighted by Gasteiger charge is 2.00. The Morgan fingerprint density at radius 1 is 1.50 bits per heavy atom. The van der Waals surface area contributed by atoms with E-state index in [-0.39, 0.29) is 5.75 Å². The zero-order valence-corrected chi connectivity index (χ0v) is 7.70. The second-order valence-electron chi connectivity index (χ2n) is 2.46. The van der Waals surface area contributed by atoms with Gasteiger partial charge in [-0.2, -0.15) is 0 Å². The predicted octanol–water partition coefficient (Wildman–Crippen LogP) is 3.03. The number of phenols is 1. The Bertz CT molecular complexity index is 263. The lowest BCUT2D eigenvalue weighted by molar-refractivity contribution is 0.431. The van der Waals surface area contributed by atoms with Gasteiger partial charge in [0.1, 0.15) is 0 Å². The van der Waals surface area contributed by atoms with Gasteiger partial charge in [0, 0.05) is 4.90 Å². The number of halogens is 1. The minimum Gasteiger partial charge on any atom is -0.505 e. The van der Waals surface area contributed by atoms with Gasteiger partial charge in [-0.15, -0.1) is 11.8 Å². The molecule has 1 nitrogen and oxygen atoms in total. The van der Waals surface area contributed by atoms with Gasteiger partial charge in [0.2, 0.25) is 0 Å². The van der Waals surface area contributed by atoms with E-state index < -0.39 is 5.82 Å². The summed E-state index contributed by atoms with van der Waals surface area (Å²) in [5.74, 6) is 0.150. The molecule has 0 amide bonds. The molecule has 0 fully saturated rings. The van der Waals surface area contributed by atoms with Crippen LogP contribution >= 0.6 is 11.8 Å². The van der Waals surface area contributed by atoms with Gasteiger partial charge in [-0.25, -0.2) is 4.39 Å². The van der Waals surface area contributed by atoms with Crippen molar-refractivity contribution in [3.63, 3.8) is 0 Å². The maximum absolute atomic E-state index is 12.7. The van der Waals surface area contributed by atoms with Crippen molar-refractivity contribution in [1.82, 2.24) is 0 Å². The van der Waals surface area contributed by atoms with Crippen molar-refractivity contribution in [3.8, 4) is 5.75 Å². The first-order valence-corrected chi connectivity index (χ1v) is 4.84. The van der Waals surface area contributed by atoms with Gasteiger partial charge in [0.05, 0.1) is 0 Å². The maximum atomic E-state index is 12.7. The van der Waals surface area contributed by atoms with Crippen molar-refractivity contribution in [2.24, 2.45) is 0 Å². The summed E-state index contributed by atoms with van der Waals surface area (Å²) in [6.45, 7) is 2.07. The van der Waals surface area contributed by atoms with Crippen LogP contribution in [0.25, 0.3) is 0 Å². The summed E-state index contributed by atoms with van der Waals surface area (Å²) in [4.78, 5) is 0.868. The van der Waals surface area contributed by atoms with Gasteiger partial charge < -0.3 is 5.11 Å². The summed E-state index contributed by atoms with van der Waals surface area (Å²) in [5, 5.41) is 8.88. The van der Waals surface area contributed by atoms with Gasteiger partial charge in [-0.1, -0.05) is 6.92 Å². The fourth-order valence-electron chi connectivity index (χ4n) is 0.797. The molecule has 12 heavy (non-hydrogen) atoms. The van der Waals surface area contributed by atoms with Crippen LogP contribution in [-0.4, -0.2) is 10.9 Å². The van der Waals surface area contributed by atoms with Crippen molar-refractivity contribution in [1.29, 1.82) is 0 Å². The molecule has 1 aromatic carbocycles. The molecule has 0 aliphatic carbocycles. The largest absolute Gasteiger partial charge is 0.505 e. The molecular weight excluding hydrogens is 175 g/mol. The molecule has 0 spiro atoms. The third-order valence-electron chi connectivity index (χ3n) is 1.39. The van der Waals surface area contributed by atoms with Crippen molar-refractivity contribution >= 4 is 11.8 Å². The molecule has 3 heteroatoms. The number of hydrogen-bond donors (Lipinski definition) is 1. The van der Waals surface area contributed by atoms with Crippen LogP contribution < -0.4 is 0 Å². The molecule has 0 heterocycles. The van der Waals surface area contributed by atoms with Crippen LogP contribution in [0.4, 0.5) is 4.39 Å². The summed E-state index contributed by atoms with van der Waals surface area (Å²) in [6, 6.07) is 4.46. The zero-order valence-electron chi connectivity index (χ0n) is 6.88. The highest BCUT2D eigenvalue weighted by atomic mass is 32.2. The summed E-state index contributed by atoms with van der Waals surface area (Å²) >= 11 is 1.59. The summed E-state index contributed by atoms with van der Waals surface area (Å²) in [7, 11) is 0. The maximum Gasteiger partial charge on any atom is 0.165 e. The van der Waals surface area contributed by atoms with E-state index in [9.17, 15) is 4.39 Å². The highest BCUT2D eigenvalue weighted by Crippen LogP contribution is 2.24. The normalized spacial score (nSPS) is 10.2. The molecule has 0 radical (unpaired) electrons. The molecule has 1 rings (SSSR count). The number of thioether (sulfide) groups is 1. The molecule has 1 aromatic rings. The quantitative estimate of drug-likeness (QED) is 0.732. The Hall–Kier alpha value is -0.700. The molecule has 0 aliphatic heterocycles. The smallest absolute Gasteiger partial charge is 0.165 e. The third-order valence-corrected chi connectivity index (χ3v) is 2.59. The number of aromatic hydroxyl groups is 1. The number of hydrogen-bond acceptors (Lipinski definition) is 2. The van der Waals surface area contributed by atoms with Crippen LogP contribution in [0.15, 0.2) is 23.1 Å². The van der Waals surface area contributed by atoms with Gasteiger partial charge in [-0.05, 0) is 30.4 Å². The molecule has 0 saturated heterocycles. The fraction of sp³-hybridized carbons (Fsp3) is 0.333. The molecule has 0 atom stereocenters. The van der Waals surface area contributed by atoms with Crippen molar-refractivity contribution in [2.75, 3.05) is 5.75 Å². The lowest BCUT2D eigenvalue weighted by Crippen LogP contribution is -1.79.